The van der Waals surface area contributed by atoms with E-state index in [1.165, 1.54) is 16.8 Å². The molecular formula is C19H22N4O2S. The number of rotatable bonds is 4. The minimum atomic E-state index is -0.723. The summed E-state index contributed by atoms with van der Waals surface area (Å²) in [4.78, 5) is 23.3. The van der Waals surface area contributed by atoms with Gasteiger partial charge in [0.05, 0.1) is 11.5 Å². The molecule has 1 saturated carbocycles. The first-order chi connectivity index (χ1) is 12.6. The van der Waals surface area contributed by atoms with Crippen molar-refractivity contribution in [3.05, 3.63) is 16.8 Å². The molecule has 6 nitrogen and oxygen atoms in total. The molecule has 0 radical (unpaired) electrons. The number of hydrogen-bond acceptors (Lipinski definition) is 6. The van der Waals surface area contributed by atoms with E-state index in [4.69, 9.17) is 4.74 Å². The van der Waals surface area contributed by atoms with Gasteiger partial charge in [-0.3, -0.25) is 4.79 Å². The van der Waals surface area contributed by atoms with Gasteiger partial charge in [0.1, 0.15) is 16.7 Å². The molecule has 2 aliphatic rings. The summed E-state index contributed by atoms with van der Waals surface area (Å²) in [5, 5.41) is 13.2. The molecule has 7 heteroatoms. The third-order valence-corrected chi connectivity index (χ3v) is 6.61. The first-order valence-electron chi connectivity index (χ1n) is 9.20. The number of hydrogen-bond donors (Lipinski definition) is 1. The largest absolute Gasteiger partial charge is 0.467 e. The van der Waals surface area contributed by atoms with Crippen LogP contribution in [0.1, 0.15) is 49.5 Å². The van der Waals surface area contributed by atoms with Gasteiger partial charge >= 0.3 is 0 Å². The third kappa shape index (κ3) is 3.14. The Labute approximate surface area is 156 Å². The standard InChI is InChI=1S/C19H22N4O2S/c1-12-4-5-13-14(8-12)26-18-16(13)17(21-11-22-18)25-9-15(24)23-19(10-20)6-2-3-7-19/h11-12H,2-9H2,1H3,(H,23,24). The van der Waals surface area contributed by atoms with Crippen LogP contribution in [0.15, 0.2) is 6.33 Å². The maximum Gasteiger partial charge on any atom is 0.259 e. The van der Waals surface area contributed by atoms with Crippen molar-refractivity contribution >= 4 is 27.5 Å². The highest BCUT2D eigenvalue weighted by molar-refractivity contribution is 7.18. The number of fused-ring (bicyclic) bond motifs is 3. The summed E-state index contributed by atoms with van der Waals surface area (Å²) in [5.74, 6) is 0.903. The van der Waals surface area contributed by atoms with Crippen molar-refractivity contribution in [2.75, 3.05) is 6.61 Å². The van der Waals surface area contributed by atoms with Crippen LogP contribution in [0, 0.1) is 17.2 Å². The molecular weight excluding hydrogens is 348 g/mol. The summed E-state index contributed by atoms with van der Waals surface area (Å²) in [6, 6.07) is 2.27. The number of aromatic nitrogens is 2. The van der Waals surface area contributed by atoms with Crippen LogP contribution in [0.3, 0.4) is 0 Å². The molecule has 1 amide bonds. The van der Waals surface area contributed by atoms with E-state index >= 15 is 0 Å². The quantitative estimate of drug-likeness (QED) is 0.893. The minimum absolute atomic E-state index is 0.128. The number of aryl methyl sites for hydroxylation is 1. The lowest BCUT2D eigenvalue weighted by Gasteiger charge is -2.22. The fourth-order valence-electron chi connectivity index (χ4n) is 4.04. The first kappa shape index (κ1) is 17.2. The fourth-order valence-corrected chi connectivity index (χ4v) is 5.38. The molecule has 2 aromatic heterocycles. The van der Waals surface area contributed by atoms with Crippen LogP contribution in [0.2, 0.25) is 0 Å². The normalized spacial score (nSPS) is 21.2. The first-order valence-corrected chi connectivity index (χ1v) is 10.0. The topological polar surface area (TPSA) is 87.9 Å². The summed E-state index contributed by atoms with van der Waals surface area (Å²) in [5.41, 5.74) is 0.558. The van der Waals surface area contributed by atoms with Crippen molar-refractivity contribution in [3.63, 3.8) is 0 Å². The Hall–Kier alpha value is -2.20. The number of amides is 1. The number of nitriles is 1. The highest BCUT2D eigenvalue weighted by Gasteiger charge is 2.35. The molecule has 0 saturated heterocycles. The Bertz CT molecular complexity index is 880. The molecule has 0 aliphatic heterocycles. The molecule has 2 aliphatic carbocycles. The predicted molar refractivity (Wildman–Crippen MR) is 99.1 cm³/mol. The summed E-state index contributed by atoms with van der Waals surface area (Å²) in [7, 11) is 0. The Balaban J connectivity index is 1.51. The van der Waals surface area contributed by atoms with Crippen LogP contribution in [0.5, 0.6) is 5.88 Å². The molecule has 1 fully saturated rings. The molecule has 136 valence electrons. The van der Waals surface area contributed by atoms with Crippen molar-refractivity contribution in [3.8, 4) is 11.9 Å². The predicted octanol–water partition coefficient (Wildman–Crippen LogP) is 3.15. The number of nitrogens with zero attached hydrogens (tertiary/aromatic N) is 3. The lowest BCUT2D eigenvalue weighted by molar-refractivity contribution is -0.124. The van der Waals surface area contributed by atoms with Crippen LogP contribution >= 0.6 is 11.3 Å². The molecule has 1 unspecified atom stereocenters. The van der Waals surface area contributed by atoms with Crippen LogP contribution in [-0.4, -0.2) is 28.0 Å². The van der Waals surface area contributed by atoms with Crippen molar-refractivity contribution in [2.24, 2.45) is 5.92 Å². The van der Waals surface area contributed by atoms with E-state index in [2.05, 4.69) is 28.3 Å². The van der Waals surface area contributed by atoms with E-state index in [9.17, 15) is 10.1 Å². The van der Waals surface area contributed by atoms with Crippen LogP contribution in [-0.2, 0) is 17.6 Å². The van der Waals surface area contributed by atoms with E-state index in [1.54, 1.807) is 11.3 Å². The lowest BCUT2D eigenvalue weighted by Crippen LogP contribution is -2.47. The molecule has 0 spiro atoms. The minimum Gasteiger partial charge on any atom is -0.467 e. The monoisotopic (exact) mass is 370 g/mol. The summed E-state index contributed by atoms with van der Waals surface area (Å²) >= 11 is 1.71. The van der Waals surface area contributed by atoms with Crippen molar-refractivity contribution in [2.45, 2.75) is 57.4 Å². The Kier molecular flexibility index (Phi) is 4.53. The average Bonchev–Trinajstić information content (AvgIpc) is 3.24. The van der Waals surface area contributed by atoms with Gasteiger partial charge in [-0.1, -0.05) is 6.92 Å². The maximum absolute atomic E-state index is 12.3. The Morgan fingerprint density at radius 3 is 3.04 bits per heavy atom. The second-order valence-corrected chi connectivity index (χ2v) is 8.53. The summed E-state index contributed by atoms with van der Waals surface area (Å²) < 4.78 is 5.77. The second-order valence-electron chi connectivity index (χ2n) is 7.45. The smallest absolute Gasteiger partial charge is 0.259 e. The van der Waals surface area contributed by atoms with Crippen LogP contribution in [0.4, 0.5) is 0 Å². The maximum atomic E-state index is 12.3. The summed E-state index contributed by atoms with van der Waals surface area (Å²) in [6.07, 6.45) is 8.09. The van der Waals surface area contributed by atoms with Gasteiger partial charge in [0.2, 0.25) is 5.88 Å². The number of nitrogens with one attached hydrogen (secondary N) is 1. The van der Waals surface area contributed by atoms with Gasteiger partial charge in [-0.25, -0.2) is 9.97 Å². The highest BCUT2D eigenvalue weighted by Crippen LogP contribution is 2.40. The number of thiophene rings is 1. The van der Waals surface area contributed by atoms with Gasteiger partial charge in [-0.15, -0.1) is 11.3 Å². The van der Waals surface area contributed by atoms with E-state index in [-0.39, 0.29) is 12.5 Å². The zero-order valence-corrected chi connectivity index (χ0v) is 15.7. The van der Waals surface area contributed by atoms with Crippen molar-refractivity contribution < 1.29 is 9.53 Å². The van der Waals surface area contributed by atoms with Gasteiger partial charge in [0, 0.05) is 4.88 Å². The summed E-state index contributed by atoms with van der Waals surface area (Å²) in [6.45, 7) is 2.14. The van der Waals surface area contributed by atoms with Crippen LogP contribution < -0.4 is 10.1 Å². The zero-order chi connectivity index (χ0) is 18.1. The molecule has 1 N–H and O–H groups in total. The van der Waals surface area contributed by atoms with Gasteiger partial charge in [0.25, 0.3) is 5.91 Å². The number of carbonyl (C=O) groups is 1. The lowest BCUT2D eigenvalue weighted by atomic mass is 9.89. The van der Waals surface area contributed by atoms with Crippen molar-refractivity contribution in [1.82, 2.24) is 15.3 Å². The Morgan fingerprint density at radius 2 is 2.27 bits per heavy atom. The van der Waals surface area contributed by atoms with Gasteiger partial charge in [-0.2, -0.15) is 5.26 Å². The van der Waals surface area contributed by atoms with Gasteiger partial charge in [-0.05, 0) is 56.4 Å². The molecule has 2 heterocycles. The fraction of sp³-hybridized carbons (Fsp3) is 0.579. The van der Waals surface area contributed by atoms with E-state index < -0.39 is 5.54 Å². The zero-order valence-electron chi connectivity index (χ0n) is 14.9. The third-order valence-electron chi connectivity index (χ3n) is 5.45. The molecule has 0 aromatic carbocycles. The van der Waals surface area contributed by atoms with E-state index in [0.717, 1.165) is 42.3 Å². The highest BCUT2D eigenvalue weighted by atomic mass is 32.1. The average molecular weight is 370 g/mol. The van der Waals surface area contributed by atoms with Gasteiger partial charge < -0.3 is 10.1 Å². The van der Waals surface area contributed by atoms with Gasteiger partial charge in [0.15, 0.2) is 6.61 Å². The molecule has 26 heavy (non-hydrogen) atoms. The molecule has 4 rings (SSSR count). The van der Waals surface area contributed by atoms with E-state index in [1.807, 2.05) is 0 Å². The van der Waals surface area contributed by atoms with Crippen molar-refractivity contribution in [1.29, 1.82) is 5.26 Å². The van der Waals surface area contributed by atoms with E-state index in [0.29, 0.717) is 24.6 Å². The Morgan fingerprint density at radius 1 is 1.46 bits per heavy atom. The second kappa shape index (κ2) is 6.84. The SMILES string of the molecule is CC1CCc2c(sc3ncnc(OCC(=O)NC4(C#N)CCCC4)c23)C1. The number of carbonyl (C=O) groups excluding carboxylic acids is 1. The molecule has 1 atom stereocenters. The van der Waals surface area contributed by atoms with Crippen LogP contribution in [0.25, 0.3) is 10.2 Å². The number of ether oxygens (including phenoxy) is 1. The molecule has 2 aromatic rings. The molecule has 0 bridgehead atoms.